The summed E-state index contributed by atoms with van der Waals surface area (Å²) < 4.78 is 2.45. The van der Waals surface area contributed by atoms with Crippen LogP contribution in [0.25, 0.3) is 10.9 Å². The molecule has 0 spiro atoms. The van der Waals surface area contributed by atoms with Crippen LogP contribution in [0, 0.1) is 16.7 Å². The molecule has 0 radical (unpaired) electrons. The molecule has 2 aliphatic heterocycles. The van der Waals surface area contributed by atoms with Crippen LogP contribution in [0.5, 0.6) is 0 Å². The second-order valence-electron chi connectivity index (χ2n) is 7.61. The van der Waals surface area contributed by atoms with Crippen LogP contribution in [0.2, 0.25) is 0 Å². The lowest BCUT2D eigenvalue weighted by molar-refractivity contribution is -0.00823. The van der Waals surface area contributed by atoms with E-state index in [1.165, 1.54) is 42.5 Å². The molecule has 3 heteroatoms. The topological polar surface area (TPSA) is 32.0 Å². The lowest BCUT2D eigenvalue weighted by Gasteiger charge is -2.52. The standard InChI is InChI=1S/C21H27N3/c1-3-21(11-6-13-22)12-7-14-24-15-10-17-16-8-4-5-9-18(16)23(2)19(17)20(21)24/h4-5,8-9,20H,3,6-7,10-12,14-15H2,1-2H3/t20-,21-/m1/s1. The lowest BCUT2D eigenvalue weighted by Crippen LogP contribution is -2.49. The number of fused-ring (bicyclic) bond motifs is 5. The van der Waals surface area contributed by atoms with Gasteiger partial charge in [-0.25, -0.2) is 0 Å². The minimum atomic E-state index is 0.255. The highest BCUT2D eigenvalue weighted by atomic mass is 15.2. The monoisotopic (exact) mass is 321 g/mol. The first-order valence-electron chi connectivity index (χ1n) is 9.39. The summed E-state index contributed by atoms with van der Waals surface area (Å²) in [5.74, 6) is 0. The maximum atomic E-state index is 9.20. The van der Waals surface area contributed by atoms with E-state index in [0.717, 1.165) is 19.3 Å². The summed E-state index contributed by atoms with van der Waals surface area (Å²) in [5.41, 5.74) is 4.71. The molecule has 4 rings (SSSR count). The largest absolute Gasteiger partial charge is 0.346 e. The van der Waals surface area contributed by atoms with Crippen LogP contribution < -0.4 is 0 Å². The van der Waals surface area contributed by atoms with Gasteiger partial charge in [-0.15, -0.1) is 0 Å². The number of rotatable bonds is 3. The van der Waals surface area contributed by atoms with Crippen LogP contribution in [0.15, 0.2) is 24.3 Å². The highest BCUT2D eigenvalue weighted by Gasteiger charge is 2.47. The van der Waals surface area contributed by atoms with Crippen molar-refractivity contribution in [2.24, 2.45) is 12.5 Å². The molecule has 0 aliphatic carbocycles. The number of para-hydroxylation sites is 1. The van der Waals surface area contributed by atoms with Gasteiger partial charge in [0.25, 0.3) is 0 Å². The van der Waals surface area contributed by atoms with Crippen molar-refractivity contribution in [2.45, 2.75) is 51.5 Å². The average Bonchev–Trinajstić information content (AvgIpc) is 2.93. The normalized spacial score (nSPS) is 26.8. The fraction of sp³-hybridized carbons (Fsp3) is 0.571. The Balaban J connectivity index is 1.91. The molecular formula is C21H27N3. The first-order valence-corrected chi connectivity index (χ1v) is 9.39. The van der Waals surface area contributed by atoms with Crippen molar-refractivity contribution in [2.75, 3.05) is 13.1 Å². The molecule has 0 unspecified atom stereocenters. The molecule has 1 fully saturated rings. The Morgan fingerprint density at radius 3 is 2.92 bits per heavy atom. The summed E-state index contributed by atoms with van der Waals surface area (Å²) in [6.45, 7) is 4.71. The van der Waals surface area contributed by atoms with Crippen molar-refractivity contribution in [3.05, 3.63) is 35.5 Å². The average molecular weight is 321 g/mol. The van der Waals surface area contributed by atoms with Gasteiger partial charge in [-0.3, -0.25) is 4.90 Å². The van der Waals surface area contributed by atoms with Crippen LogP contribution in [0.1, 0.15) is 56.3 Å². The fourth-order valence-electron chi connectivity index (χ4n) is 5.46. The number of nitriles is 1. The van der Waals surface area contributed by atoms with Crippen LogP contribution in [0.3, 0.4) is 0 Å². The molecule has 3 nitrogen and oxygen atoms in total. The molecule has 0 saturated carbocycles. The predicted molar refractivity (Wildman–Crippen MR) is 97.7 cm³/mol. The summed E-state index contributed by atoms with van der Waals surface area (Å²) in [6, 6.07) is 11.7. The van der Waals surface area contributed by atoms with Crippen molar-refractivity contribution in [3.8, 4) is 6.07 Å². The SMILES string of the molecule is CC[C@@]1(CCC#N)CCCN2CCc3c(n(C)c4ccccc34)[C@@H]21. The molecule has 2 atom stereocenters. The van der Waals surface area contributed by atoms with Gasteiger partial charge in [0.1, 0.15) is 0 Å². The zero-order chi connectivity index (χ0) is 16.7. The van der Waals surface area contributed by atoms with E-state index in [4.69, 9.17) is 0 Å². The van der Waals surface area contributed by atoms with E-state index < -0.39 is 0 Å². The van der Waals surface area contributed by atoms with Gasteiger partial charge >= 0.3 is 0 Å². The molecule has 0 amide bonds. The molecule has 0 N–H and O–H groups in total. The first-order chi connectivity index (χ1) is 11.7. The van der Waals surface area contributed by atoms with Gasteiger partial charge < -0.3 is 4.57 Å². The number of piperidine rings is 1. The number of benzene rings is 1. The fourth-order valence-corrected chi connectivity index (χ4v) is 5.46. The van der Waals surface area contributed by atoms with E-state index in [-0.39, 0.29) is 5.41 Å². The van der Waals surface area contributed by atoms with Gasteiger partial charge in [0.2, 0.25) is 0 Å². The first kappa shape index (κ1) is 15.7. The third-order valence-electron chi connectivity index (χ3n) is 6.67. The van der Waals surface area contributed by atoms with E-state index >= 15 is 0 Å². The summed E-state index contributed by atoms with van der Waals surface area (Å²) in [6.07, 6.45) is 6.56. The minimum Gasteiger partial charge on any atom is -0.346 e. The predicted octanol–water partition coefficient (Wildman–Crippen LogP) is 4.57. The molecule has 1 saturated heterocycles. The molecular weight excluding hydrogens is 294 g/mol. The summed E-state index contributed by atoms with van der Waals surface area (Å²) in [5, 5.41) is 10.6. The zero-order valence-corrected chi connectivity index (χ0v) is 14.9. The van der Waals surface area contributed by atoms with Crippen LogP contribution >= 0.6 is 0 Å². The summed E-state index contributed by atoms with van der Waals surface area (Å²) >= 11 is 0. The maximum Gasteiger partial charge on any atom is 0.0621 e. The van der Waals surface area contributed by atoms with Crippen LogP contribution in [0.4, 0.5) is 0 Å². The Hall–Kier alpha value is -1.79. The molecule has 1 aromatic carbocycles. The Bertz CT molecular complexity index is 797. The smallest absolute Gasteiger partial charge is 0.0621 e. The van der Waals surface area contributed by atoms with Gasteiger partial charge in [-0.2, -0.15) is 5.26 Å². The van der Waals surface area contributed by atoms with Crippen molar-refractivity contribution >= 4 is 10.9 Å². The summed E-state index contributed by atoms with van der Waals surface area (Å²) in [7, 11) is 2.24. The molecule has 2 aromatic rings. The molecule has 0 bridgehead atoms. The van der Waals surface area contributed by atoms with Gasteiger partial charge in [-0.05, 0) is 55.7 Å². The second-order valence-corrected chi connectivity index (χ2v) is 7.61. The number of hydrogen-bond acceptors (Lipinski definition) is 2. The third-order valence-corrected chi connectivity index (χ3v) is 6.67. The lowest BCUT2D eigenvalue weighted by atomic mass is 9.65. The van der Waals surface area contributed by atoms with Crippen LogP contribution in [-0.2, 0) is 13.5 Å². The maximum absolute atomic E-state index is 9.20. The van der Waals surface area contributed by atoms with E-state index in [1.807, 2.05) is 0 Å². The zero-order valence-electron chi connectivity index (χ0n) is 14.9. The molecule has 3 heterocycles. The van der Waals surface area contributed by atoms with Gasteiger partial charge in [0, 0.05) is 36.6 Å². The van der Waals surface area contributed by atoms with Crippen molar-refractivity contribution in [1.82, 2.24) is 9.47 Å². The van der Waals surface area contributed by atoms with Crippen molar-refractivity contribution in [1.29, 1.82) is 5.26 Å². The number of aryl methyl sites for hydroxylation is 1. The van der Waals surface area contributed by atoms with Gasteiger partial charge in [0.15, 0.2) is 0 Å². The van der Waals surface area contributed by atoms with Crippen molar-refractivity contribution < 1.29 is 0 Å². The quantitative estimate of drug-likeness (QED) is 0.829. The molecule has 24 heavy (non-hydrogen) atoms. The number of aromatic nitrogens is 1. The highest BCUT2D eigenvalue weighted by molar-refractivity contribution is 5.86. The van der Waals surface area contributed by atoms with E-state index in [9.17, 15) is 5.26 Å². The Kier molecular flexibility index (Phi) is 3.89. The second kappa shape index (κ2) is 5.93. The minimum absolute atomic E-state index is 0.255. The van der Waals surface area contributed by atoms with Crippen molar-refractivity contribution in [3.63, 3.8) is 0 Å². The Labute approximate surface area is 144 Å². The van der Waals surface area contributed by atoms with E-state index in [2.05, 4.69) is 53.8 Å². The summed E-state index contributed by atoms with van der Waals surface area (Å²) in [4.78, 5) is 2.71. The molecule has 2 aliphatic rings. The third kappa shape index (κ3) is 2.13. The number of hydrogen-bond donors (Lipinski definition) is 0. The van der Waals surface area contributed by atoms with Crippen LogP contribution in [-0.4, -0.2) is 22.6 Å². The highest BCUT2D eigenvalue weighted by Crippen LogP contribution is 2.54. The molecule has 126 valence electrons. The Morgan fingerprint density at radius 2 is 2.12 bits per heavy atom. The van der Waals surface area contributed by atoms with E-state index in [0.29, 0.717) is 12.5 Å². The van der Waals surface area contributed by atoms with Gasteiger partial charge in [0.05, 0.1) is 12.1 Å². The molecule has 1 aromatic heterocycles. The van der Waals surface area contributed by atoms with E-state index in [1.54, 1.807) is 5.56 Å². The Morgan fingerprint density at radius 1 is 1.29 bits per heavy atom. The number of nitrogens with zero attached hydrogens (tertiary/aromatic N) is 3. The van der Waals surface area contributed by atoms with Gasteiger partial charge in [-0.1, -0.05) is 25.1 Å².